The Morgan fingerprint density at radius 2 is 2.12 bits per heavy atom. The number of hydrogen-bond donors (Lipinski definition) is 1. The molecule has 0 bridgehead atoms. The van der Waals surface area contributed by atoms with E-state index in [4.69, 9.17) is 11.0 Å². The molecule has 1 aromatic heterocycles. The number of nitrogen functional groups attached to an aromatic ring is 1. The smallest absolute Gasteiger partial charge is 0.133 e. The lowest BCUT2D eigenvalue weighted by molar-refractivity contribution is 0.639. The Kier molecular flexibility index (Phi) is 2.56. The van der Waals surface area contributed by atoms with Gasteiger partial charge in [0.25, 0.3) is 0 Å². The molecule has 0 radical (unpaired) electrons. The van der Waals surface area contributed by atoms with Gasteiger partial charge in [0.2, 0.25) is 0 Å². The van der Waals surface area contributed by atoms with Crippen molar-refractivity contribution in [2.45, 2.75) is 19.8 Å². The highest BCUT2D eigenvalue weighted by Crippen LogP contribution is 2.39. The summed E-state index contributed by atoms with van der Waals surface area (Å²) in [4.78, 5) is 0. The highest BCUT2D eigenvalue weighted by atomic mass is 32.1. The molecule has 0 unspecified atom stereocenters. The minimum absolute atomic E-state index is 0.264. The fraction of sp³-hybridized carbons (Fsp3) is 0.250. The summed E-state index contributed by atoms with van der Waals surface area (Å²) in [6.07, 6.45) is 0. The van der Waals surface area contributed by atoms with E-state index in [1.807, 2.05) is 19.9 Å². The molecule has 0 saturated carbocycles. The monoisotopic (exact) mass is 234 g/mol. The van der Waals surface area contributed by atoms with E-state index in [1.54, 1.807) is 6.07 Å². The maximum atomic E-state index is 13.7. The van der Waals surface area contributed by atoms with Crippen LogP contribution in [0.25, 0.3) is 10.1 Å². The molecule has 0 aliphatic carbocycles. The number of nitrogens with two attached hydrogens (primary N) is 1. The van der Waals surface area contributed by atoms with E-state index in [-0.39, 0.29) is 17.3 Å². The van der Waals surface area contributed by atoms with Crippen molar-refractivity contribution >= 4 is 26.4 Å². The predicted octanol–water partition coefficient (Wildman–Crippen LogP) is 3.62. The van der Waals surface area contributed by atoms with Crippen LogP contribution in [0.15, 0.2) is 12.1 Å². The van der Waals surface area contributed by atoms with E-state index in [0.717, 1.165) is 10.3 Å². The molecule has 0 atom stereocenters. The number of thiophene rings is 1. The maximum absolute atomic E-state index is 13.7. The normalized spacial score (nSPS) is 10.9. The van der Waals surface area contributed by atoms with Gasteiger partial charge in [0.15, 0.2) is 0 Å². The summed E-state index contributed by atoms with van der Waals surface area (Å²) in [7, 11) is 0. The second-order valence-electron chi connectivity index (χ2n) is 3.95. The van der Waals surface area contributed by atoms with Crippen LogP contribution in [0.1, 0.15) is 30.9 Å². The van der Waals surface area contributed by atoms with Crippen LogP contribution in [0.5, 0.6) is 0 Å². The molecule has 0 saturated heterocycles. The minimum atomic E-state index is -0.371. The number of anilines is 1. The van der Waals surface area contributed by atoms with E-state index < -0.39 is 0 Å². The highest BCUT2D eigenvalue weighted by Gasteiger charge is 2.17. The summed E-state index contributed by atoms with van der Waals surface area (Å²) in [5.41, 5.74) is 7.03. The van der Waals surface area contributed by atoms with Gasteiger partial charge in [-0.1, -0.05) is 19.9 Å². The van der Waals surface area contributed by atoms with Crippen LogP contribution < -0.4 is 5.73 Å². The molecule has 1 aromatic carbocycles. The molecule has 0 spiro atoms. The topological polar surface area (TPSA) is 49.8 Å². The molecule has 0 fully saturated rings. The number of fused-ring (bicyclic) bond motifs is 1. The van der Waals surface area contributed by atoms with Gasteiger partial charge >= 0.3 is 0 Å². The van der Waals surface area contributed by atoms with Crippen molar-refractivity contribution in [3.05, 3.63) is 29.1 Å². The third-order valence-corrected chi connectivity index (χ3v) is 3.65. The number of halogens is 1. The highest BCUT2D eigenvalue weighted by molar-refractivity contribution is 7.23. The van der Waals surface area contributed by atoms with Gasteiger partial charge in [-0.05, 0) is 17.5 Å². The van der Waals surface area contributed by atoms with Crippen LogP contribution in [-0.2, 0) is 0 Å². The van der Waals surface area contributed by atoms with Crippen molar-refractivity contribution in [3.8, 4) is 6.07 Å². The Balaban J connectivity index is 2.93. The van der Waals surface area contributed by atoms with Crippen LogP contribution in [0, 0.1) is 17.1 Å². The molecule has 2 aromatic rings. The van der Waals surface area contributed by atoms with Crippen molar-refractivity contribution in [2.75, 3.05) is 5.73 Å². The number of nitrogens with zero attached hydrogens (tertiary/aromatic N) is 1. The lowest BCUT2D eigenvalue weighted by Crippen LogP contribution is -1.89. The standard InChI is InChI=1S/C12H11FN2S/c1-6(2)7-3-4-9(13)10-8(5-14)12(15)16-11(7)10/h3-4,6H,15H2,1-2H3. The first-order chi connectivity index (χ1) is 7.56. The second-order valence-corrected chi connectivity index (χ2v) is 5.00. The molecule has 2 N–H and O–H groups in total. The molecule has 16 heavy (non-hydrogen) atoms. The van der Waals surface area contributed by atoms with Gasteiger partial charge in [0.1, 0.15) is 16.9 Å². The molecule has 4 heteroatoms. The SMILES string of the molecule is CC(C)c1ccc(F)c2c(C#N)c(N)sc12. The molecule has 82 valence electrons. The summed E-state index contributed by atoms with van der Waals surface area (Å²) in [5, 5.41) is 9.73. The number of nitriles is 1. The van der Waals surface area contributed by atoms with Gasteiger partial charge in [-0.15, -0.1) is 11.3 Å². The van der Waals surface area contributed by atoms with Gasteiger partial charge in [0.05, 0.1) is 5.56 Å². The quantitative estimate of drug-likeness (QED) is 0.819. The zero-order chi connectivity index (χ0) is 11.9. The Labute approximate surface area is 97.1 Å². The molecule has 0 amide bonds. The second kappa shape index (κ2) is 3.76. The van der Waals surface area contributed by atoms with E-state index >= 15 is 0 Å². The van der Waals surface area contributed by atoms with Gasteiger partial charge in [0, 0.05) is 10.1 Å². The number of benzene rings is 1. The number of hydrogen-bond acceptors (Lipinski definition) is 3. The largest absolute Gasteiger partial charge is 0.389 e. The van der Waals surface area contributed by atoms with Crippen LogP contribution in [0.3, 0.4) is 0 Å². The molecule has 2 nitrogen and oxygen atoms in total. The average molecular weight is 234 g/mol. The van der Waals surface area contributed by atoms with Crippen LogP contribution in [-0.4, -0.2) is 0 Å². The third-order valence-electron chi connectivity index (χ3n) is 2.58. The van der Waals surface area contributed by atoms with E-state index in [0.29, 0.717) is 10.4 Å². The van der Waals surface area contributed by atoms with Gasteiger partial charge in [-0.25, -0.2) is 4.39 Å². The molecule has 1 heterocycles. The first kappa shape index (κ1) is 10.9. The zero-order valence-corrected chi connectivity index (χ0v) is 9.86. The van der Waals surface area contributed by atoms with Crippen LogP contribution >= 0.6 is 11.3 Å². The van der Waals surface area contributed by atoms with Gasteiger partial charge < -0.3 is 5.73 Å². The summed E-state index contributed by atoms with van der Waals surface area (Å²) in [5.74, 6) is -0.0865. The summed E-state index contributed by atoms with van der Waals surface area (Å²) >= 11 is 1.29. The van der Waals surface area contributed by atoms with Crippen LogP contribution in [0.4, 0.5) is 9.39 Å². The molecule has 2 rings (SSSR count). The summed E-state index contributed by atoms with van der Waals surface area (Å²) < 4.78 is 14.5. The predicted molar refractivity (Wildman–Crippen MR) is 65.0 cm³/mol. The fourth-order valence-corrected chi connectivity index (χ4v) is 2.96. The molecule has 0 aliphatic heterocycles. The van der Waals surface area contributed by atoms with Crippen LogP contribution in [0.2, 0.25) is 0 Å². The van der Waals surface area contributed by atoms with E-state index in [9.17, 15) is 4.39 Å². The lowest BCUT2D eigenvalue weighted by Gasteiger charge is -2.06. The zero-order valence-electron chi connectivity index (χ0n) is 9.04. The maximum Gasteiger partial charge on any atom is 0.133 e. The van der Waals surface area contributed by atoms with Crippen molar-refractivity contribution in [1.82, 2.24) is 0 Å². The van der Waals surface area contributed by atoms with Crippen molar-refractivity contribution in [2.24, 2.45) is 0 Å². The lowest BCUT2D eigenvalue weighted by atomic mass is 10.0. The first-order valence-corrected chi connectivity index (χ1v) is 5.78. The van der Waals surface area contributed by atoms with Gasteiger partial charge in [-0.3, -0.25) is 0 Å². The Morgan fingerprint density at radius 3 is 2.69 bits per heavy atom. The average Bonchev–Trinajstić information content (AvgIpc) is 2.55. The van der Waals surface area contributed by atoms with Crippen molar-refractivity contribution in [3.63, 3.8) is 0 Å². The Morgan fingerprint density at radius 1 is 1.44 bits per heavy atom. The van der Waals surface area contributed by atoms with Gasteiger partial charge in [-0.2, -0.15) is 5.26 Å². The molecule has 0 aliphatic rings. The molecular formula is C12H11FN2S. The third kappa shape index (κ3) is 1.44. The summed E-state index contributed by atoms with van der Waals surface area (Å²) in [6.45, 7) is 4.07. The first-order valence-electron chi connectivity index (χ1n) is 4.96. The molecular weight excluding hydrogens is 223 g/mol. The van der Waals surface area contributed by atoms with Crippen molar-refractivity contribution < 1.29 is 4.39 Å². The van der Waals surface area contributed by atoms with Crippen molar-refractivity contribution in [1.29, 1.82) is 5.26 Å². The van der Waals surface area contributed by atoms with E-state index in [2.05, 4.69) is 0 Å². The minimum Gasteiger partial charge on any atom is -0.389 e. The Hall–Kier alpha value is -1.60. The Bertz CT molecular complexity index is 593. The summed E-state index contributed by atoms with van der Waals surface area (Å²) in [6, 6.07) is 5.14. The fourth-order valence-electron chi connectivity index (χ4n) is 1.77. The van der Waals surface area contributed by atoms with E-state index in [1.165, 1.54) is 17.4 Å². The number of rotatable bonds is 1.